The summed E-state index contributed by atoms with van der Waals surface area (Å²) in [6.45, 7) is 13.8. The Hall–Kier alpha value is -14.7. The Morgan fingerprint density at radius 3 is 0.921 bits per heavy atom. The van der Waals surface area contributed by atoms with Gasteiger partial charge in [0.1, 0.15) is 0 Å². The molecule has 17 aromatic carbocycles. The number of hydrogen-bond acceptors (Lipinski definition) is 6. The second-order valence-corrected chi connectivity index (χ2v) is 38.5. The van der Waals surface area contributed by atoms with Crippen molar-refractivity contribution in [1.29, 1.82) is 0 Å². The molecule has 598 valence electrons. The number of aromatic nitrogens is 6. The molecule has 0 radical (unpaired) electrons. The summed E-state index contributed by atoms with van der Waals surface area (Å²) in [6.07, 6.45) is 0. The molecule has 0 spiro atoms. The second kappa shape index (κ2) is 29.5. The number of para-hydroxylation sites is 6. The van der Waals surface area contributed by atoms with E-state index in [2.05, 4.69) is 443 Å². The highest BCUT2D eigenvalue weighted by atomic mass is 32.1. The number of benzene rings is 17. The van der Waals surface area contributed by atoms with Crippen molar-refractivity contribution in [2.75, 3.05) is 0 Å². The summed E-state index contributed by atoms with van der Waals surface area (Å²) in [4.78, 5) is 15.6. The molecule has 0 aliphatic rings. The molecule has 0 saturated heterocycles. The highest BCUT2D eigenvalue weighted by Gasteiger charge is 2.26. The molecule has 26 rings (SSSR count). The highest BCUT2D eigenvalue weighted by molar-refractivity contribution is 7.27. The van der Waals surface area contributed by atoms with Gasteiger partial charge in [0.15, 0.2) is 0 Å². The van der Waals surface area contributed by atoms with Crippen LogP contribution < -0.4 is 0 Å². The first kappa shape index (κ1) is 75.1. The molecule has 0 atom stereocenters. The molecular weight excluding hydrogens is 1590 g/mol. The van der Waals surface area contributed by atoms with Gasteiger partial charge in [-0.05, 0) is 177 Å². The van der Waals surface area contributed by atoms with Crippen LogP contribution in [0.15, 0.2) is 388 Å². The Bertz CT molecular complexity index is 8840. The van der Waals surface area contributed by atoms with Gasteiger partial charge >= 0.3 is 0 Å². The van der Waals surface area contributed by atoms with Crippen molar-refractivity contribution in [2.45, 2.75) is 52.4 Å². The smallest absolute Gasteiger partial charge is 0.0888 e. The summed E-state index contributed by atoms with van der Waals surface area (Å²) in [5.74, 6) is 0. The van der Waals surface area contributed by atoms with Crippen molar-refractivity contribution < 1.29 is 0 Å². The molecule has 0 unspecified atom stereocenters. The molecule has 0 bridgehead atoms. The zero-order valence-electron chi connectivity index (χ0n) is 70.4. The van der Waals surface area contributed by atoms with Crippen LogP contribution in [-0.4, -0.2) is 28.7 Å². The van der Waals surface area contributed by atoms with Crippen LogP contribution >= 0.6 is 34.0 Å². The van der Waals surface area contributed by atoms with E-state index in [0.29, 0.717) is 0 Å². The lowest BCUT2D eigenvalue weighted by Crippen LogP contribution is -2.10. The van der Waals surface area contributed by atoms with Gasteiger partial charge in [-0.1, -0.05) is 296 Å². The predicted octanol–water partition coefficient (Wildman–Crippen LogP) is 33.5. The van der Waals surface area contributed by atoms with Crippen molar-refractivity contribution in [1.82, 2.24) is 28.7 Å². The maximum absolute atomic E-state index is 5.23. The van der Waals surface area contributed by atoms with Crippen molar-refractivity contribution in [3.63, 3.8) is 0 Å². The van der Waals surface area contributed by atoms with Crippen LogP contribution in [0.25, 0.3) is 231 Å². The van der Waals surface area contributed by atoms with Crippen LogP contribution in [0.1, 0.15) is 52.7 Å². The number of pyridine rings is 3. The molecule has 0 amide bonds. The third-order valence-electron chi connectivity index (χ3n) is 25.7. The minimum Gasteiger partial charge on any atom is -0.309 e. The number of hydrogen-bond donors (Lipinski definition) is 0. The van der Waals surface area contributed by atoms with Crippen LogP contribution in [0, 0.1) is 0 Å². The van der Waals surface area contributed by atoms with Gasteiger partial charge in [0.05, 0.1) is 80.8 Å². The average molecular weight is 1670 g/mol. The lowest BCUT2D eigenvalue weighted by molar-refractivity contribution is 0.590. The molecule has 126 heavy (non-hydrogen) atoms. The van der Waals surface area contributed by atoms with Gasteiger partial charge in [0.25, 0.3) is 0 Å². The van der Waals surface area contributed by atoms with E-state index in [1.54, 1.807) is 0 Å². The Morgan fingerprint density at radius 1 is 0.206 bits per heavy atom. The number of rotatable bonds is 7. The van der Waals surface area contributed by atoms with E-state index < -0.39 is 0 Å². The van der Waals surface area contributed by atoms with E-state index in [0.717, 1.165) is 61.7 Å². The van der Waals surface area contributed by atoms with Crippen molar-refractivity contribution in [3.05, 3.63) is 399 Å². The summed E-state index contributed by atoms with van der Waals surface area (Å²) in [6, 6.07) is 141. The van der Waals surface area contributed by atoms with Crippen LogP contribution in [0.2, 0.25) is 0 Å². The second-order valence-electron chi connectivity index (χ2n) is 35.3. The summed E-state index contributed by atoms with van der Waals surface area (Å²) >= 11 is 5.52. The van der Waals surface area contributed by atoms with E-state index in [1.165, 1.54) is 181 Å². The topological polar surface area (TPSA) is 53.5 Å². The minimum atomic E-state index is 0.0800. The van der Waals surface area contributed by atoms with Crippen molar-refractivity contribution in [3.8, 4) is 62.0 Å². The molecule has 9 heteroatoms. The van der Waals surface area contributed by atoms with Gasteiger partial charge in [-0.15, -0.1) is 34.0 Å². The largest absolute Gasteiger partial charge is 0.309 e. The molecule has 6 nitrogen and oxygen atoms in total. The Kier molecular flexibility index (Phi) is 17.6. The molecule has 0 N–H and O–H groups in total. The summed E-state index contributed by atoms with van der Waals surface area (Å²) < 4.78 is 14.8. The summed E-state index contributed by atoms with van der Waals surface area (Å²) in [7, 11) is 0. The zero-order valence-corrected chi connectivity index (χ0v) is 72.8. The van der Waals surface area contributed by atoms with E-state index in [-0.39, 0.29) is 10.8 Å². The van der Waals surface area contributed by atoms with Gasteiger partial charge in [-0.3, -0.25) is 0 Å². The lowest BCUT2D eigenvalue weighted by Gasteiger charge is -2.19. The van der Waals surface area contributed by atoms with Gasteiger partial charge < -0.3 is 13.7 Å². The molecule has 0 saturated carbocycles. The molecule has 0 aliphatic heterocycles. The van der Waals surface area contributed by atoms with Crippen molar-refractivity contribution >= 4 is 203 Å². The van der Waals surface area contributed by atoms with Gasteiger partial charge in [-0.2, -0.15) is 0 Å². The molecule has 9 heterocycles. The van der Waals surface area contributed by atoms with Crippen LogP contribution in [0.4, 0.5) is 0 Å². The maximum Gasteiger partial charge on any atom is 0.0888 e. The summed E-state index contributed by atoms with van der Waals surface area (Å²) in [5.41, 5.74) is 25.8. The fraction of sp³-hybridized carbons (Fsp3) is 0.0684. The molecule has 0 fully saturated rings. The van der Waals surface area contributed by atoms with Gasteiger partial charge in [0, 0.05) is 129 Å². The summed E-state index contributed by atoms with van der Waals surface area (Å²) in [5, 5.41) is 21.7. The molecule has 0 aliphatic carbocycles. The third-order valence-corrected chi connectivity index (χ3v) is 29.2. The van der Waals surface area contributed by atoms with Crippen LogP contribution in [0.3, 0.4) is 0 Å². The fourth-order valence-electron chi connectivity index (χ4n) is 19.4. The van der Waals surface area contributed by atoms with Crippen LogP contribution in [-0.2, 0) is 10.8 Å². The monoisotopic (exact) mass is 1670 g/mol. The fourth-order valence-corrected chi connectivity index (χ4v) is 23.1. The first-order valence-corrected chi connectivity index (χ1v) is 45.7. The van der Waals surface area contributed by atoms with E-state index >= 15 is 0 Å². The van der Waals surface area contributed by atoms with E-state index in [4.69, 9.17) is 15.0 Å². The highest BCUT2D eigenvalue weighted by Crippen LogP contribution is 2.49. The Morgan fingerprint density at radius 2 is 0.500 bits per heavy atom. The quantitative estimate of drug-likeness (QED) is 0.160. The minimum absolute atomic E-state index is 0.0800. The molecule has 9 aromatic heterocycles. The predicted molar refractivity (Wildman–Crippen MR) is 544 cm³/mol. The Balaban J connectivity index is 0.000000106. The average Bonchev–Trinajstić information content (AvgIpc) is 1.58. The first-order chi connectivity index (χ1) is 61.7. The first-order valence-electron chi connectivity index (χ1n) is 43.3. The lowest BCUT2D eigenvalue weighted by atomic mass is 9.85. The van der Waals surface area contributed by atoms with E-state index in [9.17, 15) is 0 Å². The molecule has 26 aromatic rings. The van der Waals surface area contributed by atoms with Gasteiger partial charge in [0.2, 0.25) is 0 Å². The third kappa shape index (κ3) is 12.4. The normalized spacial score (nSPS) is 12.2. The number of fused-ring (bicyclic) bond motifs is 25. The maximum atomic E-state index is 5.23. The Labute approximate surface area is 740 Å². The number of nitrogens with zero attached hydrogens (tertiary/aromatic N) is 6. The SMILES string of the molecule is CC(C)(C)c1ccc2c(c1)c1cc(C(C)(C)C)ccc1n2-c1ccc(-c2nc3ccccc3c3c2sc2ccccc23)cc1.c1ccc(-n2c3ccccc3c3cc(-c4ccc(-c5nc6ccccc6c6c5sc5ccccc56)cc4)ccc32)cc1.c1ccc2cc3c(cc2c1)c1ccccc1n3-c1ccc(-c2nc3ccccc3c3c2sc2ccccc23)cc1. The molecular formula is C117H82N6S3. The van der Waals surface area contributed by atoms with Crippen molar-refractivity contribution in [2.24, 2.45) is 0 Å². The van der Waals surface area contributed by atoms with Gasteiger partial charge in [-0.25, -0.2) is 15.0 Å². The van der Waals surface area contributed by atoms with E-state index in [1.807, 2.05) is 34.0 Å². The standard InChI is InChI=1S/C41H36N2S.C39H24N2S.C37H22N2S/c1-40(2,3)26-17-21-34-31(23-26)32-24-27(41(4,5)6)18-22-35(32)43(34)28-19-15-25(16-20-28)38-39-37(29-11-7-9-13-33(29)42-38)30-12-8-10-14-36(30)44-39;1-2-10-28(11-3-1)41-34-16-8-5-12-29(34)32-24-27(22-23-35(32)41)25-18-20-26(21-19-25)38-39-37(30-13-4-7-15-33(30)40-38)31-14-6-9-17-36(31)42-39;1-2-10-25-22-33-30(21-24(25)9-1)27-11-4-7-15-32(27)39(33)26-19-17-23(18-20-26)36-37-35(28-12-3-6-14-31(28)38-36)29-13-5-8-16-34(29)40-37/h7-24H,1-6H3;1-24H;1-22H. The van der Waals surface area contributed by atoms with Crippen LogP contribution in [0.5, 0.6) is 0 Å². The zero-order chi connectivity index (χ0) is 84.2. The number of thiophene rings is 3.